The molecule has 0 saturated heterocycles. The number of nitrogens with one attached hydrogen (secondary N) is 1. The number of thiazole rings is 1. The number of ether oxygens (including phenoxy) is 1. The fourth-order valence-corrected chi connectivity index (χ4v) is 4.83. The second-order valence-corrected chi connectivity index (χ2v) is 8.86. The summed E-state index contributed by atoms with van der Waals surface area (Å²) in [4.78, 5) is 11.7. The van der Waals surface area contributed by atoms with Crippen LogP contribution in [-0.4, -0.2) is 25.6 Å². The molecule has 0 aliphatic carbocycles. The summed E-state index contributed by atoms with van der Waals surface area (Å²) in [5.74, 6) is 0.731. The molecule has 0 saturated carbocycles. The van der Waals surface area contributed by atoms with Crippen molar-refractivity contribution >= 4 is 31.6 Å². The van der Waals surface area contributed by atoms with E-state index in [9.17, 15) is 13.2 Å². The van der Waals surface area contributed by atoms with E-state index in [0.717, 1.165) is 28.2 Å². The first-order valence-electron chi connectivity index (χ1n) is 8.08. The first-order valence-corrected chi connectivity index (χ1v) is 10.4. The van der Waals surface area contributed by atoms with E-state index in [0.29, 0.717) is 4.70 Å². The van der Waals surface area contributed by atoms with Crippen LogP contribution in [0.4, 0.5) is 0 Å². The van der Waals surface area contributed by atoms with E-state index < -0.39 is 16.1 Å². The molecule has 0 aliphatic heterocycles. The zero-order valence-electron chi connectivity index (χ0n) is 14.7. The van der Waals surface area contributed by atoms with Gasteiger partial charge in [-0.15, -0.1) is 0 Å². The minimum atomic E-state index is -3.70. The Morgan fingerprint density at radius 2 is 1.96 bits per heavy atom. The minimum absolute atomic E-state index is 0.123. The topological polar surface area (TPSA) is 77.4 Å². The molecule has 0 fully saturated rings. The highest BCUT2D eigenvalue weighted by Crippen LogP contribution is 2.21. The second-order valence-electron chi connectivity index (χ2n) is 6.16. The van der Waals surface area contributed by atoms with Crippen molar-refractivity contribution in [3.63, 3.8) is 0 Å². The van der Waals surface area contributed by atoms with Gasteiger partial charge in [0, 0.05) is 7.05 Å². The molecule has 0 spiro atoms. The van der Waals surface area contributed by atoms with Crippen LogP contribution in [-0.2, 0) is 17.1 Å². The summed E-state index contributed by atoms with van der Waals surface area (Å²) in [6.07, 6.45) is 0. The van der Waals surface area contributed by atoms with Crippen molar-refractivity contribution in [1.29, 1.82) is 0 Å². The van der Waals surface area contributed by atoms with Gasteiger partial charge in [0.2, 0.25) is 10.0 Å². The second kappa shape index (κ2) is 7.22. The summed E-state index contributed by atoms with van der Waals surface area (Å²) < 4.78 is 35.7. The molecule has 0 radical (unpaired) electrons. The van der Waals surface area contributed by atoms with Crippen LogP contribution in [0.25, 0.3) is 10.2 Å². The molecule has 26 heavy (non-hydrogen) atoms. The first kappa shape index (κ1) is 18.6. The van der Waals surface area contributed by atoms with Crippen molar-refractivity contribution in [2.75, 3.05) is 6.61 Å². The molecule has 2 aromatic carbocycles. The Kier molecular flexibility index (Phi) is 5.17. The standard InChI is InChI=1S/C18H20N2O4S2/c1-12-6-4-5-7-16(12)24-11-13(2)19-26(22,23)14-8-9-15-17(10-14)25-18(21)20(15)3/h4-10,13,19H,11H2,1-3H3. The Labute approximate surface area is 156 Å². The van der Waals surface area contributed by atoms with E-state index in [-0.39, 0.29) is 16.4 Å². The summed E-state index contributed by atoms with van der Waals surface area (Å²) in [7, 11) is -2.04. The van der Waals surface area contributed by atoms with Gasteiger partial charge in [-0.25, -0.2) is 13.1 Å². The van der Waals surface area contributed by atoms with E-state index in [1.54, 1.807) is 20.0 Å². The molecule has 0 aliphatic rings. The third-order valence-electron chi connectivity index (χ3n) is 4.01. The van der Waals surface area contributed by atoms with Crippen molar-refractivity contribution in [1.82, 2.24) is 9.29 Å². The molecule has 0 amide bonds. The van der Waals surface area contributed by atoms with Crippen LogP contribution in [0.1, 0.15) is 12.5 Å². The van der Waals surface area contributed by atoms with Crippen LogP contribution >= 0.6 is 11.3 Å². The zero-order chi connectivity index (χ0) is 18.9. The van der Waals surface area contributed by atoms with Crippen LogP contribution in [0.5, 0.6) is 5.75 Å². The third kappa shape index (κ3) is 3.82. The predicted octanol–water partition coefficient (Wildman–Crippen LogP) is 2.65. The van der Waals surface area contributed by atoms with Crippen molar-refractivity contribution < 1.29 is 13.2 Å². The molecule has 1 N–H and O–H groups in total. The number of sulfonamides is 1. The number of hydrogen-bond donors (Lipinski definition) is 1. The number of aromatic nitrogens is 1. The molecule has 1 unspecified atom stereocenters. The number of fused-ring (bicyclic) bond motifs is 1. The number of para-hydroxylation sites is 1. The summed E-state index contributed by atoms with van der Waals surface area (Å²) >= 11 is 1.03. The fraction of sp³-hybridized carbons (Fsp3) is 0.278. The lowest BCUT2D eigenvalue weighted by molar-refractivity contribution is 0.286. The monoisotopic (exact) mass is 392 g/mol. The lowest BCUT2D eigenvalue weighted by atomic mass is 10.2. The molecular weight excluding hydrogens is 372 g/mol. The molecule has 1 atom stereocenters. The van der Waals surface area contributed by atoms with E-state index in [1.165, 1.54) is 16.7 Å². The van der Waals surface area contributed by atoms with Gasteiger partial charge in [-0.2, -0.15) is 0 Å². The highest BCUT2D eigenvalue weighted by Gasteiger charge is 2.19. The van der Waals surface area contributed by atoms with E-state index in [2.05, 4.69) is 4.72 Å². The highest BCUT2D eigenvalue weighted by molar-refractivity contribution is 7.89. The van der Waals surface area contributed by atoms with Crippen LogP contribution in [0.3, 0.4) is 0 Å². The fourth-order valence-electron chi connectivity index (χ4n) is 2.58. The molecule has 3 aromatic rings. The van der Waals surface area contributed by atoms with Gasteiger partial charge in [0.1, 0.15) is 12.4 Å². The summed E-state index contributed by atoms with van der Waals surface area (Å²) in [5.41, 5.74) is 1.71. The van der Waals surface area contributed by atoms with Crippen molar-refractivity contribution in [3.8, 4) is 5.75 Å². The molecule has 138 valence electrons. The molecule has 3 rings (SSSR count). The van der Waals surface area contributed by atoms with E-state index in [4.69, 9.17) is 4.74 Å². The average Bonchev–Trinajstić information content (AvgIpc) is 2.87. The number of rotatable bonds is 6. The van der Waals surface area contributed by atoms with Gasteiger partial charge in [-0.3, -0.25) is 4.79 Å². The van der Waals surface area contributed by atoms with Crippen molar-refractivity contribution in [2.45, 2.75) is 24.8 Å². The van der Waals surface area contributed by atoms with Crippen molar-refractivity contribution in [3.05, 3.63) is 57.7 Å². The van der Waals surface area contributed by atoms with Gasteiger partial charge in [-0.1, -0.05) is 29.5 Å². The quantitative estimate of drug-likeness (QED) is 0.700. The minimum Gasteiger partial charge on any atom is -0.492 e. The smallest absolute Gasteiger partial charge is 0.307 e. The van der Waals surface area contributed by atoms with Crippen molar-refractivity contribution in [2.24, 2.45) is 7.05 Å². The van der Waals surface area contributed by atoms with E-state index in [1.807, 2.05) is 31.2 Å². The van der Waals surface area contributed by atoms with Gasteiger partial charge in [0.25, 0.3) is 0 Å². The number of nitrogens with zero attached hydrogens (tertiary/aromatic N) is 1. The highest BCUT2D eigenvalue weighted by atomic mass is 32.2. The maximum Gasteiger partial charge on any atom is 0.307 e. The normalized spacial score (nSPS) is 13.0. The molecule has 1 aromatic heterocycles. The summed E-state index contributed by atoms with van der Waals surface area (Å²) in [6.45, 7) is 3.89. The Balaban J connectivity index is 1.74. The third-order valence-corrected chi connectivity index (χ3v) is 6.60. The number of benzene rings is 2. The first-order chi connectivity index (χ1) is 12.3. The molecule has 8 heteroatoms. The van der Waals surface area contributed by atoms with Crippen LogP contribution in [0.15, 0.2) is 52.2 Å². The Morgan fingerprint density at radius 3 is 2.69 bits per heavy atom. The zero-order valence-corrected chi connectivity index (χ0v) is 16.4. The number of aryl methyl sites for hydroxylation is 2. The number of hydrogen-bond acceptors (Lipinski definition) is 5. The maximum atomic E-state index is 12.6. The predicted molar refractivity (Wildman–Crippen MR) is 104 cm³/mol. The SMILES string of the molecule is Cc1ccccc1OCC(C)NS(=O)(=O)c1ccc2c(c1)sc(=O)n2C. The Bertz CT molecular complexity index is 1100. The maximum absolute atomic E-state index is 12.6. The average molecular weight is 393 g/mol. The largest absolute Gasteiger partial charge is 0.492 e. The van der Waals surface area contributed by atoms with Crippen LogP contribution in [0.2, 0.25) is 0 Å². The summed E-state index contributed by atoms with van der Waals surface area (Å²) in [6, 6.07) is 11.8. The Morgan fingerprint density at radius 1 is 1.23 bits per heavy atom. The van der Waals surface area contributed by atoms with Crippen LogP contribution in [0, 0.1) is 6.92 Å². The molecule has 1 heterocycles. The summed E-state index contributed by atoms with van der Waals surface area (Å²) in [5, 5.41) is 0. The van der Waals surface area contributed by atoms with E-state index >= 15 is 0 Å². The lowest BCUT2D eigenvalue weighted by Gasteiger charge is -2.16. The lowest BCUT2D eigenvalue weighted by Crippen LogP contribution is -2.36. The van der Waals surface area contributed by atoms with Gasteiger partial charge >= 0.3 is 4.87 Å². The molecule has 6 nitrogen and oxygen atoms in total. The van der Waals surface area contributed by atoms with Gasteiger partial charge < -0.3 is 9.30 Å². The van der Waals surface area contributed by atoms with Gasteiger partial charge in [0.05, 0.1) is 21.2 Å². The van der Waals surface area contributed by atoms with Gasteiger partial charge in [-0.05, 0) is 43.7 Å². The molecular formula is C18H20N2O4S2. The molecule has 0 bridgehead atoms. The Hall–Kier alpha value is -2.16. The van der Waals surface area contributed by atoms with Gasteiger partial charge in [0.15, 0.2) is 0 Å². The van der Waals surface area contributed by atoms with Crippen LogP contribution < -0.4 is 14.3 Å².